The van der Waals surface area contributed by atoms with Crippen LogP contribution >= 0.6 is 0 Å². The van der Waals surface area contributed by atoms with Gasteiger partial charge in [-0.1, -0.05) is 0 Å². The molecule has 8 nitrogen and oxygen atoms in total. The molecule has 0 saturated heterocycles. The number of hydrogen-bond acceptors (Lipinski definition) is 6. The van der Waals surface area contributed by atoms with Gasteiger partial charge in [0.05, 0.1) is 16.9 Å². The van der Waals surface area contributed by atoms with E-state index in [4.69, 9.17) is 5.73 Å². The number of rotatable bonds is 6. The first-order valence-electron chi connectivity index (χ1n) is 5.05. The number of nitrogens with zero attached hydrogens (tertiary/aromatic N) is 1. The highest BCUT2D eigenvalue weighted by atomic mass is 32.2. The zero-order valence-corrected chi connectivity index (χ0v) is 10.7. The summed E-state index contributed by atoms with van der Waals surface area (Å²) in [5, 5.41) is 10.7. The molecule has 0 bridgehead atoms. The van der Waals surface area contributed by atoms with Crippen molar-refractivity contribution in [2.24, 2.45) is 5.73 Å². The molecule has 0 aliphatic heterocycles. The fourth-order valence-corrected chi connectivity index (χ4v) is 2.40. The molecule has 3 N–H and O–H groups in total. The summed E-state index contributed by atoms with van der Waals surface area (Å²) in [7, 11) is -3.01. The van der Waals surface area contributed by atoms with Gasteiger partial charge in [0.1, 0.15) is 0 Å². The minimum absolute atomic E-state index is 0.0416. The summed E-state index contributed by atoms with van der Waals surface area (Å²) >= 11 is 0. The Labute approximate surface area is 108 Å². The van der Waals surface area contributed by atoms with Gasteiger partial charge in [0.2, 0.25) is 15.8 Å². The van der Waals surface area contributed by atoms with Crippen molar-refractivity contribution in [1.29, 1.82) is 0 Å². The zero-order valence-electron chi connectivity index (χ0n) is 9.92. The van der Waals surface area contributed by atoms with Gasteiger partial charge in [0.25, 0.3) is 0 Å². The quantitative estimate of drug-likeness (QED) is 0.561. The fourth-order valence-electron chi connectivity index (χ4n) is 1.32. The van der Waals surface area contributed by atoms with E-state index in [9.17, 15) is 22.9 Å². The molecule has 0 aliphatic rings. The van der Waals surface area contributed by atoms with E-state index in [1.165, 1.54) is 0 Å². The number of benzene rings is 1. The third-order valence-corrected chi connectivity index (χ3v) is 3.59. The van der Waals surface area contributed by atoms with E-state index in [-0.39, 0.29) is 13.1 Å². The van der Waals surface area contributed by atoms with Gasteiger partial charge in [-0.05, 0) is 6.07 Å². The number of nitrogens with two attached hydrogens (primary N) is 1. The standard InChI is InChI=1S/C9H12FN3O5S/c1-18-9-7(10)4-6(5-8(9)13(14)15)19(16,17)12-3-2-11/h4-5,12H,2-3,11H2,1H3. The Morgan fingerprint density at radius 2 is 2.16 bits per heavy atom. The minimum Gasteiger partial charge on any atom is -0.488 e. The minimum atomic E-state index is -4.06. The molecule has 0 aliphatic carbocycles. The van der Waals surface area contributed by atoms with Crippen LogP contribution in [0.25, 0.3) is 0 Å². The summed E-state index contributed by atoms with van der Waals surface area (Å²) in [4.78, 5) is 9.26. The molecule has 0 heterocycles. The first-order valence-corrected chi connectivity index (χ1v) is 6.53. The van der Waals surface area contributed by atoms with Crippen molar-refractivity contribution in [1.82, 2.24) is 4.72 Å². The molecule has 0 aromatic heterocycles. The van der Waals surface area contributed by atoms with Crippen molar-refractivity contribution in [3.63, 3.8) is 0 Å². The van der Waals surface area contributed by atoms with E-state index in [1.54, 1.807) is 0 Å². The lowest BCUT2D eigenvalue weighted by atomic mass is 10.3. The molecule has 0 saturated carbocycles. The third-order valence-electron chi connectivity index (χ3n) is 2.15. The van der Waals surface area contributed by atoms with E-state index in [1.807, 2.05) is 0 Å². The lowest BCUT2D eigenvalue weighted by Crippen LogP contribution is -2.29. The second-order valence-corrected chi connectivity index (χ2v) is 5.17. The summed E-state index contributed by atoms with van der Waals surface area (Å²) in [6.07, 6.45) is 0. The van der Waals surface area contributed by atoms with Gasteiger partial charge >= 0.3 is 5.69 Å². The van der Waals surface area contributed by atoms with Gasteiger partial charge in [-0.25, -0.2) is 17.5 Å². The third kappa shape index (κ3) is 3.36. The predicted octanol–water partition coefficient (Wildman–Crippen LogP) is -0.0205. The number of nitro benzene ring substituents is 1. The fraction of sp³-hybridized carbons (Fsp3) is 0.333. The van der Waals surface area contributed by atoms with Gasteiger partial charge in [0, 0.05) is 19.2 Å². The maximum atomic E-state index is 13.6. The van der Waals surface area contributed by atoms with Gasteiger partial charge < -0.3 is 10.5 Å². The van der Waals surface area contributed by atoms with E-state index in [0.717, 1.165) is 13.2 Å². The molecule has 0 atom stereocenters. The largest absolute Gasteiger partial charge is 0.488 e. The molecule has 19 heavy (non-hydrogen) atoms. The summed E-state index contributed by atoms with van der Waals surface area (Å²) in [6, 6.07) is 1.37. The SMILES string of the molecule is COc1c(F)cc(S(=O)(=O)NCCN)cc1[N+](=O)[O-]. The summed E-state index contributed by atoms with van der Waals surface area (Å²) in [5.74, 6) is -1.76. The Bertz CT molecular complexity index is 590. The number of nitrogens with one attached hydrogen (secondary N) is 1. The van der Waals surface area contributed by atoms with E-state index < -0.39 is 37.1 Å². The molecule has 0 unspecified atom stereocenters. The lowest BCUT2D eigenvalue weighted by Gasteiger charge is -2.08. The predicted molar refractivity (Wildman–Crippen MR) is 63.8 cm³/mol. The summed E-state index contributed by atoms with van der Waals surface area (Å²) in [6.45, 7) is -0.0241. The van der Waals surface area contributed by atoms with Crippen LogP contribution in [-0.2, 0) is 10.0 Å². The maximum Gasteiger partial charge on any atom is 0.315 e. The highest BCUT2D eigenvalue weighted by molar-refractivity contribution is 7.89. The molecule has 0 radical (unpaired) electrons. The molecule has 1 rings (SSSR count). The molecular weight excluding hydrogens is 281 g/mol. The average molecular weight is 293 g/mol. The number of halogens is 1. The zero-order chi connectivity index (χ0) is 14.6. The normalized spacial score (nSPS) is 11.3. The van der Waals surface area contributed by atoms with Crippen LogP contribution < -0.4 is 15.2 Å². The molecule has 0 spiro atoms. The second-order valence-electron chi connectivity index (χ2n) is 3.40. The summed E-state index contributed by atoms with van der Waals surface area (Å²) in [5.41, 5.74) is 4.37. The van der Waals surface area contributed by atoms with Crippen LogP contribution in [0.4, 0.5) is 10.1 Å². The van der Waals surface area contributed by atoms with E-state index >= 15 is 0 Å². The molecule has 106 valence electrons. The maximum absolute atomic E-state index is 13.6. The number of hydrogen-bond donors (Lipinski definition) is 2. The number of ether oxygens (including phenoxy) is 1. The Hall–Kier alpha value is -1.78. The Morgan fingerprint density at radius 3 is 2.63 bits per heavy atom. The van der Waals surface area contributed by atoms with Crippen LogP contribution in [0.5, 0.6) is 5.75 Å². The molecule has 0 amide bonds. The van der Waals surface area contributed by atoms with Crippen LogP contribution in [-0.4, -0.2) is 33.5 Å². The van der Waals surface area contributed by atoms with Crippen molar-refractivity contribution >= 4 is 15.7 Å². The van der Waals surface area contributed by atoms with Crippen LogP contribution in [0.2, 0.25) is 0 Å². The molecule has 0 fully saturated rings. The molecule has 10 heteroatoms. The Kier molecular flexibility index (Phi) is 4.75. The topological polar surface area (TPSA) is 125 Å². The van der Waals surface area contributed by atoms with Crippen molar-refractivity contribution in [3.05, 3.63) is 28.1 Å². The number of sulfonamides is 1. The first kappa shape index (κ1) is 15.3. The van der Waals surface area contributed by atoms with Crippen molar-refractivity contribution in [2.75, 3.05) is 20.2 Å². The highest BCUT2D eigenvalue weighted by Gasteiger charge is 2.25. The van der Waals surface area contributed by atoms with Crippen molar-refractivity contribution < 1.29 is 22.5 Å². The van der Waals surface area contributed by atoms with Gasteiger partial charge in [-0.15, -0.1) is 0 Å². The van der Waals surface area contributed by atoms with Crippen LogP contribution in [0, 0.1) is 15.9 Å². The molecule has 1 aromatic carbocycles. The van der Waals surface area contributed by atoms with E-state index in [0.29, 0.717) is 6.07 Å². The Balaban J connectivity index is 3.36. The van der Waals surface area contributed by atoms with Crippen molar-refractivity contribution in [2.45, 2.75) is 4.90 Å². The Morgan fingerprint density at radius 1 is 1.53 bits per heavy atom. The van der Waals surface area contributed by atoms with Crippen LogP contribution in [0.15, 0.2) is 17.0 Å². The first-order chi connectivity index (χ1) is 8.83. The van der Waals surface area contributed by atoms with E-state index in [2.05, 4.69) is 9.46 Å². The smallest absolute Gasteiger partial charge is 0.315 e. The monoisotopic (exact) mass is 293 g/mol. The lowest BCUT2D eigenvalue weighted by molar-refractivity contribution is -0.386. The van der Waals surface area contributed by atoms with Crippen LogP contribution in [0.1, 0.15) is 0 Å². The van der Waals surface area contributed by atoms with Gasteiger partial charge in [0.15, 0.2) is 5.82 Å². The molecule has 1 aromatic rings. The number of nitro groups is 1. The number of methoxy groups -OCH3 is 1. The van der Waals surface area contributed by atoms with Gasteiger partial charge in [-0.2, -0.15) is 0 Å². The molecular formula is C9H12FN3O5S. The van der Waals surface area contributed by atoms with Gasteiger partial charge in [-0.3, -0.25) is 10.1 Å². The van der Waals surface area contributed by atoms with Crippen LogP contribution in [0.3, 0.4) is 0 Å². The highest BCUT2D eigenvalue weighted by Crippen LogP contribution is 2.32. The van der Waals surface area contributed by atoms with Crippen molar-refractivity contribution in [3.8, 4) is 5.75 Å². The second kappa shape index (κ2) is 5.91. The summed E-state index contributed by atoms with van der Waals surface area (Å²) < 4.78 is 43.6. The average Bonchev–Trinajstić information content (AvgIpc) is 2.35.